The third-order valence-corrected chi connectivity index (χ3v) is 4.73. The Bertz CT molecular complexity index is 772. The van der Waals surface area contributed by atoms with Gasteiger partial charge in [0.25, 0.3) is 0 Å². The maximum Gasteiger partial charge on any atom is 0.231 e. The van der Waals surface area contributed by atoms with E-state index in [1.54, 1.807) is 11.1 Å². The highest BCUT2D eigenvalue weighted by Gasteiger charge is 2.28. The number of carbonyl (C=O) groups is 2. The van der Waals surface area contributed by atoms with Crippen molar-refractivity contribution in [3.63, 3.8) is 0 Å². The number of nitrogens with two attached hydrogens (primary N) is 1. The van der Waals surface area contributed by atoms with Crippen LogP contribution in [0.25, 0.3) is 10.9 Å². The molecule has 0 aliphatic carbocycles. The number of primary amides is 1. The summed E-state index contributed by atoms with van der Waals surface area (Å²) in [6.07, 6.45) is 3.54. The van der Waals surface area contributed by atoms with Crippen molar-refractivity contribution >= 4 is 22.7 Å². The number of amides is 2. The van der Waals surface area contributed by atoms with Gasteiger partial charge in [-0.15, -0.1) is 0 Å². The maximum absolute atomic E-state index is 12.8. The Morgan fingerprint density at radius 3 is 2.92 bits per heavy atom. The van der Waals surface area contributed by atoms with Gasteiger partial charge < -0.3 is 10.6 Å². The summed E-state index contributed by atoms with van der Waals surface area (Å²) in [6.45, 7) is 2.17. The van der Waals surface area contributed by atoms with Crippen LogP contribution in [0.4, 0.5) is 0 Å². The molecule has 2 heterocycles. The SMILES string of the molecule is CN(Cc1cccc2cccnc12)C(=O)[C@H]1CCCN(CC(N)=O)C1. The number of benzene rings is 1. The zero-order valence-electron chi connectivity index (χ0n) is 14.5. The summed E-state index contributed by atoms with van der Waals surface area (Å²) in [5.74, 6) is -0.313. The highest BCUT2D eigenvalue weighted by molar-refractivity contribution is 5.83. The van der Waals surface area contributed by atoms with Crippen LogP contribution >= 0.6 is 0 Å². The second-order valence-corrected chi connectivity index (χ2v) is 6.73. The summed E-state index contributed by atoms with van der Waals surface area (Å²) >= 11 is 0. The minimum absolute atomic E-state index is 0.0824. The molecule has 0 bridgehead atoms. The Kier molecular flexibility index (Phi) is 5.28. The predicted molar refractivity (Wildman–Crippen MR) is 96.6 cm³/mol. The van der Waals surface area contributed by atoms with E-state index in [1.807, 2.05) is 42.3 Å². The van der Waals surface area contributed by atoms with Crippen molar-refractivity contribution in [3.05, 3.63) is 42.1 Å². The van der Waals surface area contributed by atoms with Crippen LogP contribution in [0.15, 0.2) is 36.5 Å². The maximum atomic E-state index is 12.8. The van der Waals surface area contributed by atoms with Crippen molar-refractivity contribution in [1.82, 2.24) is 14.8 Å². The Balaban J connectivity index is 1.69. The molecule has 25 heavy (non-hydrogen) atoms. The lowest BCUT2D eigenvalue weighted by atomic mass is 9.96. The van der Waals surface area contributed by atoms with Gasteiger partial charge in [-0.1, -0.05) is 24.3 Å². The van der Waals surface area contributed by atoms with Gasteiger partial charge in [-0.25, -0.2) is 0 Å². The van der Waals surface area contributed by atoms with Crippen molar-refractivity contribution in [2.75, 3.05) is 26.7 Å². The fourth-order valence-corrected chi connectivity index (χ4v) is 3.56. The first-order chi connectivity index (χ1) is 12.0. The summed E-state index contributed by atoms with van der Waals surface area (Å²) < 4.78 is 0. The van der Waals surface area contributed by atoms with E-state index in [4.69, 9.17) is 5.73 Å². The zero-order chi connectivity index (χ0) is 17.8. The number of piperidine rings is 1. The van der Waals surface area contributed by atoms with Crippen LogP contribution in [0.2, 0.25) is 0 Å². The molecule has 1 aromatic heterocycles. The van der Waals surface area contributed by atoms with Crippen LogP contribution in [0.5, 0.6) is 0 Å². The van der Waals surface area contributed by atoms with Gasteiger partial charge in [0, 0.05) is 31.7 Å². The van der Waals surface area contributed by atoms with Gasteiger partial charge in [-0.05, 0) is 31.0 Å². The Hall–Kier alpha value is -2.47. The van der Waals surface area contributed by atoms with E-state index in [-0.39, 0.29) is 24.3 Å². The molecule has 1 saturated heterocycles. The molecule has 3 rings (SSSR count). The van der Waals surface area contributed by atoms with E-state index in [2.05, 4.69) is 4.98 Å². The molecule has 6 heteroatoms. The summed E-state index contributed by atoms with van der Waals surface area (Å²) in [5.41, 5.74) is 7.25. The highest BCUT2D eigenvalue weighted by Crippen LogP contribution is 2.21. The molecule has 1 fully saturated rings. The van der Waals surface area contributed by atoms with E-state index >= 15 is 0 Å². The van der Waals surface area contributed by atoms with Crippen LogP contribution in [0, 0.1) is 5.92 Å². The Labute approximate surface area is 147 Å². The fraction of sp³-hybridized carbons (Fsp3) is 0.421. The van der Waals surface area contributed by atoms with Crippen molar-refractivity contribution < 1.29 is 9.59 Å². The number of pyridine rings is 1. The average Bonchev–Trinajstić information content (AvgIpc) is 2.61. The predicted octanol–water partition coefficient (Wildman–Crippen LogP) is 1.39. The van der Waals surface area contributed by atoms with Crippen LogP contribution in [0.3, 0.4) is 0 Å². The molecule has 0 radical (unpaired) electrons. The van der Waals surface area contributed by atoms with Crippen LogP contribution in [0.1, 0.15) is 18.4 Å². The standard InChI is InChI=1S/C19H24N4O2/c1-22(11-15-6-2-5-14-7-3-9-21-18(14)15)19(25)16-8-4-10-23(12-16)13-17(20)24/h2-3,5-7,9,16H,4,8,10-13H2,1H3,(H2,20,24)/t16-/m0/s1. The molecule has 2 N–H and O–H groups in total. The molecule has 1 atom stereocenters. The monoisotopic (exact) mass is 340 g/mol. The first-order valence-electron chi connectivity index (χ1n) is 8.63. The van der Waals surface area contributed by atoms with Gasteiger partial charge in [0.1, 0.15) is 0 Å². The smallest absolute Gasteiger partial charge is 0.231 e. The van der Waals surface area contributed by atoms with Crippen molar-refractivity contribution in [2.24, 2.45) is 11.7 Å². The molecule has 1 aliphatic rings. The number of hydrogen-bond acceptors (Lipinski definition) is 4. The first-order valence-corrected chi connectivity index (χ1v) is 8.63. The molecule has 6 nitrogen and oxygen atoms in total. The number of rotatable bonds is 5. The van der Waals surface area contributed by atoms with Gasteiger partial charge in [-0.3, -0.25) is 19.5 Å². The lowest BCUT2D eigenvalue weighted by Gasteiger charge is -2.33. The zero-order valence-corrected chi connectivity index (χ0v) is 14.5. The third-order valence-electron chi connectivity index (χ3n) is 4.73. The molecular formula is C19H24N4O2. The van der Waals surface area contributed by atoms with Crippen LogP contribution in [-0.2, 0) is 16.1 Å². The first kappa shape index (κ1) is 17.4. The number of para-hydroxylation sites is 1. The summed E-state index contributed by atoms with van der Waals surface area (Å²) in [6, 6.07) is 9.97. The summed E-state index contributed by atoms with van der Waals surface area (Å²) in [5, 5.41) is 1.08. The van der Waals surface area contributed by atoms with E-state index in [1.165, 1.54) is 0 Å². The number of hydrogen-bond donors (Lipinski definition) is 1. The lowest BCUT2D eigenvalue weighted by molar-refractivity contribution is -0.137. The second kappa shape index (κ2) is 7.61. The largest absolute Gasteiger partial charge is 0.369 e. The average molecular weight is 340 g/mol. The molecule has 0 spiro atoms. The van der Waals surface area contributed by atoms with E-state index in [0.717, 1.165) is 35.9 Å². The molecule has 0 unspecified atom stereocenters. The lowest BCUT2D eigenvalue weighted by Crippen LogP contribution is -2.46. The Morgan fingerprint density at radius 2 is 2.12 bits per heavy atom. The molecule has 2 amide bonds. The molecule has 1 aliphatic heterocycles. The molecule has 2 aromatic rings. The van der Waals surface area contributed by atoms with Gasteiger partial charge in [0.2, 0.25) is 11.8 Å². The molecule has 0 saturated carbocycles. The number of aromatic nitrogens is 1. The highest BCUT2D eigenvalue weighted by atomic mass is 16.2. The second-order valence-electron chi connectivity index (χ2n) is 6.73. The van der Waals surface area contributed by atoms with E-state index in [0.29, 0.717) is 13.1 Å². The Morgan fingerprint density at radius 1 is 1.32 bits per heavy atom. The van der Waals surface area contributed by atoms with Crippen molar-refractivity contribution in [1.29, 1.82) is 0 Å². The van der Waals surface area contributed by atoms with Gasteiger partial charge in [0.05, 0.1) is 18.0 Å². The number of fused-ring (bicyclic) bond motifs is 1. The number of carbonyl (C=O) groups excluding carboxylic acids is 2. The third kappa shape index (κ3) is 4.14. The van der Waals surface area contributed by atoms with Gasteiger partial charge >= 0.3 is 0 Å². The van der Waals surface area contributed by atoms with Crippen LogP contribution < -0.4 is 5.73 Å². The van der Waals surface area contributed by atoms with E-state index in [9.17, 15) is 9.59 Å². The van der Waals surface area contributed by atoms with Crippen molar-refractivity contribution in [2.45, 2.75) is 19.4 Å². The van der Waals surface area contributed by atoms with Crippen LogP contribution in [-0.4, -0.2) is 53.3 Å². The number of nitrogens with zero attached hydrogens (tertiary/aromatic N) is 3. The summed E-state index contributed by atoms with van der Waals surface area (Å²) in [7, 11) is 1.83. The minimum atomic E-state index is -0.344. The fourth-order valence-electron chi connectivity index (χ4n) is 3.56. The molecule has 132 valence electrons. The minimum Gasteiger partial charge on any atom is -0.369 e. The van der Waals surface area contributed by atoms with Crippen molar-refractivity contribution in [3.8, 4) is 0 Å². The topological polar surface area (TPSA) is 79.5 Å². The molecule has 1 aromatic carbocycles. The quantitative estimate of drug-likeness (QED) is 0.892. The normalized spacial score (nSPS) is 18.2. The van der Waals surface area contributed by atoms with E-state index < -0.39 is 0 Å². The van der Waals surface area contributed by atoms with Gasteiger partial charge in [-0.2, -0.15) is 0 Å². The number of likely N-dealkylation sites (tertiary alicyclic amines) is 1. The van der Waals surface area contributed by atoms with Gasteiger partial charge in [0.15, 0.2) is 0 Å². The molecular weight excluding hydrogens is 316 g/mol. The summed E-state index contributed by atoms with van der Waals surface area (Å²) in [4.78, 5) is 32.1.